The summed E-state index contributed by atoms with van der Waals surface area (Å²) >= 11 is 0. The van der Waals surface area contributed by atoms with Gasteiger partial charge in [-0.1, -0.05) is 0 Å². The molecule has 0 bridgehead atoms. The third kappa shape index (κ3) is 2.91. The third-order valence-corrected chi connectivity index (χ3v) is 2.09. The zero-order valence-electron chi connectivity index (χ0n) is 10.1. The van der Waals surface area contributed by atoms with E-state index >= 15 is 0 Å². The Morgan fingerprint density at radius 1 is 1.00 bits per heavy atom. The Kier molecular flexibility index (Phi) is 4.53. The van der Waals surface area contributed by atoms with Gasteiger partial charge in [0.25, 0.3) is 0 Å². The van der Waals surface area contributed by atoms with Gasteiger partial charge in [0.1, 0.15) is 22.6 Å². The topological polar surface area (TPSA) is 93.1 Å². The number of phenols is 2. The van der Waals surface area contributed by atoms with Gasteiger partial charge in [0.15, 0.2) is 0 Å². The van der Waals surface area contributed by atoms with Crippen LogP contribution in [-0.4, -0.2) is 35.4 Å². The van der Waals surface area contributed by atoms with Crippen molar-refractivity contribution in [3.8, 4) is 11.5 Å². The average Bonchev–Trinajstić information content (AvgIpc) is 2.32. The van der Waals surface area contributed by atoms with Crippen molar-refractivity contribution >= 4 is 11.9 Å². The van der Waals surface area contributed by atoms with Crippen LogP contribution in [0.5, 0.6) is 11.5 Å². The van der Waals surface area contributed by atoms with E-state index in [4.69, 9.17) is 9.47 Å². The summed E-state index contributed by atoms with van der Waals surface area (Å²) in [7, 11) is 0. The fraction of sp³-hybridized carbons (Fsp3) is 0.333. The quantitative estimate of drug-likeness (QED) is 0.624. The van der Waals surface area contributed by atoms with Crippen molar-refractivity contribution < 1.29 is 29.3 Å². The van der Waals surface area contributed by atoms with Gasteiger partial charge in [-0.3, -0.25) is 0 Å². The zero-order chi connectivity index (χ0) is 13.7. The summed E-state index contributed by atoms with van der Waals surface area (Å²) in [6.07, 6.45) is 0. The van der Waals surface area contributed by atoms with Crippen molar-refractivity contribution in [2.24, 2.45) is 0 Å². The molecule has 0 spiro atoms. The van der Waals surface area contributed by atoms with Crippen molar-refractivity contribution in [3.63, 3.8) is 0 Å². The molecule has 0 aromatic heterocycles. The minimum atomic E-state index is -0.823. The van der Waals surface area contributed by atoms with Crippen LogP contribution in [0.1, 0.15) is 34.6 Å². The first-order valence-corrected chi connectivity index (χ1v) is 5.41. The number of ether oxygens (including phenoxy) is 2. The highest BCUT2D eigenvalue weighted by Gasteiger charge is 2.22. The Morgan fingerprint density at radius 2 is 1.39 bits per heavy atom. The van der Waals surface area contributed by atoms with Crippen LogP contribution in [0.25, 0.3) is 0 Å². The maximum absolute atomic E-state index is 11.5. The molecule has 0 unspecified atom stereocenters. The molecule has 2 N–H and O–H groups in total. The molecule has 0 saturated heterocycles. The second-order valence-corrected chi connectivity index (χ2v) is 3.33. The van der Waals surface area contributed by atoms with Gasteiger partial charge >= 0.3 is 11.9 Å². The monoisotopic (exact) mass is 254 g/mol. The van der Waals surface area contributed by atoms with Gasteiger partial charge in [0, 0.05) is 0 Å². The molecule has 0 radical (unpaired) electrons. The summed E-state index contributed by atoms with van der Waals surface area (Å²) < 4.78 is 9.39. The Labute approximate surface area is 104 Å². The van der Waals surface area contributed by atoms with E-state index in [1.807, 2.05) is 0 Å². The van der Waals surface area contributed by atoms with Crippen LogP contribution < -0.4 is 0 Å². The highest BCUT2D eigenvalue weighted by molar-refractivity contribution is 6.00. The van der Waals surface area contributed by atoms with Crippen molar-refractivity contribution in [1.82, 2.24) is 0 Å². The van der Waals surface area contributed by atoms with Crippen molar-refractivity contribution in [1.29, 1.82) is 0 Å². The first-order valence-electron chi connectivity index (χ1n) is 5.41. The number of rotatable bonds is 4. The summed E-state index contributed by atoms with van der Waals surface area (Å²) in [6, 6.07) is 2.05. The largest absolute Gasteiger partial charge is 0.508 e. The van der Waals surface area contributed by atoms with E-state index in [-0.39, 0.29) is 30.1 Å². The van der Waals surface area contributed by atoms with Crippen LogP contribution in [0, 0.1) is 0 Å². The summed E-state index contributed by atoms with van der Waals surface area (Å²) in [5.41, 5.74) is -0.556. The van der Waals surface area contributed by atoms with Gasteiger partial charge in [0.2, 0.25) is 0 Å². The van der Waals surface area contributed by atoms with Gasteiger partial charge in [-0.15, -0.1) is 0 Å². The molecule has 0 aliphatic rings. The molecule has 6 heteroatoms. The molecule has 98 valence electrons. The standard InChI is InChI=1S/C12H14O6/c1-3-17-11(15)8-5-7(13)6-9(10(8)14)12(16)18-4-2/h5-6,13-14H,3-4H2,1-2H3. The number of esters is 2. The third-order valence-electron chi connectivity index (χ3n) is 2.09. The van der Waals surface area contributed by atoms with Gasteiger partial charge in [0.05, 0.1) is 13.2 Å². The summed E-state index contributed by atoms with van der Waals surface area (Å²) in [5.74, 6) is -2.54. The molecule has 0 saturated carbocycles. The smallest absolute Gasteiger partial charge is 0.342 e. The Hall–Kier alpha value is -2.24. The SMILES string of the molecule is CCOC(=O)c1cc(O)cc(C(=O)OCC)c1O. The summed E-state index contributed by atoms with van der Waals surface area (Å²) in [6.45, 7) is 3.43. The van der Waals surface area contributed by atoms with E-state index in [0.717, 1.165) is 12.1 Å². The Balaban J connectivity index is 3.22. The lowest BCUT2D eigenvalue weighted by Gasteiger charge is -2.09. The molecule has 1 aromatic rings. The van der Waals surface area contributed by atoms with E-state index in [1.54, 1.807) is 13.8 Å². The summed E-state index contributed by atoms with van der Waals surface area (Å²) in [4.78, 5) is 23.0. The molecular formula is C12H14O6. The molecule has 0 heterocycles. The first-order chi connectivity index (χ1) is 8.51. The molecule has 18 heavy (non-hydrogen) atoms. The normalized spacial score (nSPS) is 9.89. The Bertz CT molecular complexity index is 427. The molecule has 1 aromatic carbocycles. The first kappa shape index (κ1) is 13.8. The number of carbonyl (C=O) groups is 2. The second kappa shape index (κ2) is 5.90. The molecule has 1 rings (SSSR count). The van der Waals surface area contributed by atoms with E-state index in [2.05, 4.69) is 0 Å². The predicted molar refractivity (Wildman–Crippen MR) is 61.7 cm³/mol. The highest BCUT2D eigenvalue weighted by atomic mass is 16.5. The van der Waals surface area contributed by atoms with E-state index in [0.29, 0.717) is 0 Å². The minimum absolute atomic E-state index is 0.114. The van der Waals surface area contributed by atoms with E-state index < -0.39 is 17.7 Å². The number of aromatic hydroxyl groups is 2. The number of hydrogen-bond donors (Lipinski definition) is 2. The molecule has 0 fully saturated rings. The van der Waals surface area contributed by atoms with Gasteiger partial charge < -0.3 is 19.7 Å². The number of benzene rings is 1. The molecule has 0 aliphatic carbocycles. The number of phenolic OH excluding ortho intramolecular Hbond substituents is 2. The highest BCUT2D eigenvalue weighted by Crippen LogP contribution is 2.29. The number of hydrogen-bond acceptors (Lipinski definition) is 6. The molecule has 0 atom stereocenters. The lowest BCUT2D eigenvalue weighted by atomic mass is 10.1. The lowest BCUT2D eigenvalue weighted by molar-refractivity contribution is 0.0517. The van der Waals surface area contributed by atoms with Crippen LogP contribution in [0.2, 0.25) is 0 Å². The van der Waals surface area contributed by atoms with Gasteiger partial charge in [-0.2, -0.15) is 0 Å². The van der Waals surface area contributed by atoms with Crippen LogP contribution in [-0.2, 0) is 9.47 Å². The maximum Gasteiger partial charge on any atom is 0.342 e. The molecule has 0 amide bonds. The maximum atomic E-state index is 11.5. The average molecular weight is 254 g/mol. The molecular weight excluding hydrogens is 240 g/mol. The van der Waals surface area contributed by atoms with Crippen molar-refractivity contribution in [2.75, 3.05) is 13.2 Å². The molecule has 0 aliphatic heterocycles. The lowest BCUT2D eigenvalue weighted by Crippen LogP contribution is -2.10. The number of carbonyl (C=O) groups excluding carboxylic acids is 2. The second-order valence-electron chi connectivity index (χ2n) is 3.33. The Morgan fingerprint density at radius 3 is 1.72 bits per heavy atom. The van der Waals surface area contributed by atoms with E-state index in [1.165, 1.54) is 0 Å². The van der Waals surface area contributed by atoms with Gasteiger partial charge in [-0.25, -0.2) is 9.59 Å². The van der Waals surface area contributed by atoms with Crippen LogP contribution in [0.4, 0.5) is 0 Å². The fourth-order valence-corrected chi connectivity index (χ4v) is 1.35. The fourth-order valence-electron chi connectivity index (χ4n) is 1.35. The summed E-state index contributed by atoms with van der Waals surface area (Å²) in [5, 5.41) is 19.2. The van der Waals surface area contributed by atoms with Crippen LogP contribution in [0.15, 0.2) is 12.1 Å². The predicted octanol–water partition coefficient (Wildman–Crippen LogP) is 1.45. The van der Waals surface area contributed by atoms with Crippen LogP contribution in [0.3, 0.4) is 0 Å². The zero-order valence-corrected chi connectivity index (χ0v) is 10.1. The molecule has 6 nitrogen and oxygen atoms in total. The van der Waals surface area contributed by atoms with Crippen molar-refractivity contribution in [3.05, 3.63) is 23.3 Å². The van der Waals surface area contributed by atoms with Crippen molar-refractivity contribution in [2.45, 2.75) is 13.8 Å². The minimum Gasteiger partial charge on any atom is -0.508 e. The van der Waals surface area contributed by atoms with E-state index in [9.17, 15) is 19.8 Å². The van der Waals surface area contributed by atoms with Crippen LogP contribution >= 0.6 is 0 Å². The van der Waals surface area contributed by atoms with Gasteiger partial charge in [-0.05, 0) is 26.0 Å².